The van der Waals surface area contributed by atoms with E-state index in [9.17, 15) is 14.7 Å². The fourth-order valence-corrected chi connectivity index (χ4v) is 2.21. The Bertz CT molecular complexity index is 446. The maximum Gasteiger partial charge on any atom is 0.329 e. The number of ether oxygens (including phenoxy) is 1. The van der Waals surface area contributed by atoms with Crippen LogP contribution < -0.4 is 0 Å². The zero-order valence-electron chi connectivity index (χ0n) is 10.1. The van der Waals surface area contributed by atoms with Gasteiger partial charge < -0.3 is 14.7 Å². The highest BCUT2D eigenvalue weighted by Gasteiger charge is 2.39. The molecule has 1 aromatic rings. The van der Waals surface area contributed by atoms with Gasteiger partial charge in [0.15, 0.2) is 6.04 Å². The molecule has 0 bridgehead atoms. The second-order valence-electron chi connectivity index (χ2n) is 4.20. The fraction of sp³-hybridized carbons (Fsp3) is 0.385. The van der Waals surface area contributed by atoms with E-state index in [1.54, 1.807) is 0 Å². The zero-order valence-corrected chi connectivity index (χ0v) is 10.1. The number of carboxylic acids is 1. The van der Waals surface area contributed by atoms with Gasteiger partial charge in [-0.05, 0) is 5.56 Å². The number of carbonyl (C=O) groups is 2. The van der Waals surface area contributed by atoms with Gasteiger partial charge in [0.25, 0.3) is 0 Å². The number of aliphatic carboxylic acids is 1. The van der Waals surface area contributed by atoms with Crippen molar-refractivity contribution in [3.05, 3.63) is 35.9 Å². The van der Waals surface area contributed by atoms with Crippen molar-refractivity contribution < 1.29 is 19.4 Å². The van der Waals surface area contributed by atoms with E-state index in [1.807, 2.05) is 30.3 Å². The number of nitrogens with zero attached hydrogens (tertiary/aromatic N) is 1. The van der Waals surface area contributed by atoms with Crippen molar-refractivity contribution in [3.63, 3.8) is 0 Å². The Hall–Kier alpha value is -1.88. The molecule has 18 heavy (non-hydrogen) atoms. The maximum atomic E-state index is 11.5. The number of rotatable bonds is 2. The molecule has 1 amide bonds. The normalized spacial score (nSPS) is 23.7. The highest BCUT2D eigenvalue weighted by atomic mass is 16.5. The van der Waals surface area contributed by atoms with E-state index < -0.39 is 18.1 Å². The zero-order chi connectivity index (χ0) is 13.1. The molecule has 1 aliphatic rings. The average Bonchev–Trinajstić information content (AvgIpc) is 2.38. The Morgan fingerprint density at radius 2 is 2.00 bits per heavy atom. The van der Waals surface area contributed by atoms with E-state index in [-0.39, 0.29) is 5.91 Å². The molecule has 1 saturated heterocycles. The second-order valence-corrected chi connectivity index (χ2v) is 4.20. The van der Waals surface area contributed by atoms with Crippen LogP contribution in [0.5, 0.6) is 0 Å². The van der Waals surface area contributed by atoms with E-state index in [4.69, 9.17) is 4.74 Å². The van der Waals surface area contributed by atoms with Crippen LogP contribution in [0.2, 0.25) is 0 Å². The Balaban J connectivity index is 2.33. The first-order chi connectivity index (χ1) is 8.61. The van der Waals surface area contributed by atoms with Gasteiger partial charge in [-0.2, -0.15) is 0 Å². The molecule has 5 nitrogen and oxygen atoms in total. The molecule has 0 unspecified atom stereocenters. The van der Waals surface area contributed by atoms with Gasteiger partial charge in [0.1, 0.15) is 6.10 Å². The summed E-state index contributed by atoms with van der Waals surface area (Å²) in [4.78, 5) is 24.2. The Kier molecular flexibility index (Phi) is 3.62. The quantitative estimate of drug-likeness (QED) is 0.851. The van der Waals surface area contributed by atoms with Crippen LogP contribution in [0.1, 0.15) is 18.6 Å². The molecule has 1 N–H and O–H groups in total. The third-order valence-corrected chi connectivity index (χ3v) is 3.04. The molecule has 1 heterocycles. The van der Waals surface area contributed by atoms with Gasteiger partial charge in [-0.1, -0.05) is 30.3 Å². The van der Waals surface area contributed by atoms with Gasteiger partial charge in [0.2, 0.25) is 5.91 Å². The van der Waals surface area contributed by atoms with Crippen molar-refractivity contribution in [2.24, 2.45) is 0 Å². The summed E-state index contributed by atoms with van der Waals surface area (Å²) < 4.78 is 5.54. The maximum absolute atomic E-state index is 11.5. The standard InChI is InChI=1S/C13H15NO4/c1-9(15)14-7-8-18-12(11(14)13(16)17)10-5-3-2-4-6-10/h2-6,11-12H,7-8H2,1H3,(H,16,17)/t11-,12+/m0/s1. The molecule has 0 aliphatic carbocycles. The van der Waals surface area contributed by atoms with Gasteiger partial charge >= 0.3 is 5.97 Å². The van der Waals surface area contributed by atoms with Crippen LogP contribution in [0.4, 0.5) is 0 Å². The molecule has 2 rings (SSSR count). The monoisotopic (exact) mass is 249 g/mol. The van der Waals surface area contributed by atoms with E-state index in [2.05, 4.69) is 0 Å². The summed E-state index contributed by atoms with van der Waals surface area (Å²) in [6, 6.07) is 8.16. The van der Waals surface area contributed by atoms with Crippen LogP contribution in [0.25, 0.3) is 0 Å². The third kappa shape index (κ3) is 2.36. The number of carboxylic acid groups (broad SMARTS) is 1. The Labute approximate surface area is 105 Å². The van der Waals surface area contributed by atoms with Crippen molar-refractivity contribution in [2.45, 2.75) is 19.1 Å². The second kappa shape index (κ2) is 5.18. The molecule has 0 radical (unpaired) electrons. The van der Waals surface area contributed by atoms with Crippen LogP contribution in [0, 0.1) is 0 Å². The molecule has 96 valence electrons. The summed E-state index contributed by atoms with van der Waals surface area (Å²) in [5.41, 5.74) is 0.774. The number of morpholine rings is 1. The van der Waals surface area contributed by atoms with E-state index in [0.717, 1.165) is 5.56 Å². The molecule has 0 saturated carbocycles. The minimum absolute atomic E-state index is 0.244. The number of hydrogen-bond acceptors (Lipinski definition) is 3. The lowest BCUT2D eigenvalue weighted by molar-refractivity contribution is -0.165. The number of hydrogen-bond donors (Lipinski definition) is 1. The first-order valence-electron chi connectivity index (χ1n) is 5.78. The molecule has 1 fully saturated rings. The van der Waals surface area contributed by atoms with Gasteiger partial charge in [-0.3, -0.25) is 4.79 Å². The summed E-state index contributed by atoms with van der Waals surface area (Å²) >= 11 is 0. The predicted molar refractivity (Wildman–Crippen MR) is 63.9 cm³/mol. The van der Waals surface area contributed by atoms with Crippen molar-refractivity contribution in [3.8, 4) is 0 Å². The van der Waals surface area contributed by atoms with Crippen molar-refractivity contribution in [1.82, 2.24) is 4.90 Å². The lowest BCUT2D eigenvalue weighted by Crippen LogP contribution is -2.53. The molecule has 1 aromatic carbocycles. The SMILES string of the molecule is CC(=O)N1CCO[C@H](c2ccccc2)[C@H]1C(=O)O. The predicted octanol–water partition coefficient (Wildman–Crippen LogP) is 1.06. The van der Waals surface area contributed by atoms with Crippen LogP contribution in [-0.4, -0.2) is 41.1 Å². The summed E-state index contributed by atoms with van der Waals surface area (Å²) in [5, 5.41) is 9.32. The molecular formula is C13H15NO4. The summed E-state index contributed by atoms with van der Waals surface area (Å²) in [6.45, 7) is 2.04. The van der Waals surface area contributed by atoms with Crippen molar-refractivity contribution in [2.75, 3.05) is 13.2 Å². The Morgan fingerprint density at radius 1 is 1.33 bits per heavy atom. The van der Waals surface area contributed by atoms with Crippen LogP contribution in [0.15, 0.2) is 30.3 Å². The van der Waals surface area contributed by atoms with E-state index >= 15 is 0 Å². The van der Waals surface area contributed by atoms with Gasteiger partial charge in [-0.15, -0.1) is 0 Å². The number of carbonyl (C=O) groups excluding carboxylic acids is 1. The Morgan fingerprint density at radius 3 is 2.56 bits per heavy atom. The molecule has 0 spiro atoms. The average molecular weight is 249 g/mol. The highest BCUT2D eigenvalue weighted by Crippen LogP contribution is 2.28. The summed E-state index contributed by atoms with van der Waals surface area (Å²) in [5.74, 6) is -1.29. The summed E-state index contributed by atoms with van der Waals surface area (Å²) in [7, 11) is 0. The van der Waals surface area contributed by atoms with Crippen LogP contribution >= 0.6 is 0 Å². The highest BCUT2D eigenvalue weighted by molar-refractivity contribution is 5.83. The topological polar surface area (TPSA) is 66.8 Å². The fourth-order valence-electron chi connectivity index (χ4n) is 2.21. The van der Waals surface area contributed by atoms with Gasteiger partial charge in [-0.25, -0.2) is 4.79 Å². The summed E-state index contributed by atoms with van der Waals surface area (Å²) in [6.07, 6.45) is -0.610. The van der Waals surface area contributed by atoms with Crippen LogP contribution in [-0.2, 0) is 14.3 Å². The smallest absolute Gasteiger partial charge is 0.329 e. The number of benzene rings is 1. The van der Waals surface area contributed by atoms with E-state index in [1.165, 1.54) is 11.8 Å². The third-order valence-electron chi connectivity index (χ3n) is 3.04. The molecule has 2 atom stereocenters. The first-order valence-corrected chi connectivity index (χ1v) is 5.78. The molecular weight excluding hydrogens is 234 g/mol. The minimum Gasteiger partial charge on any atom is -0.480 e. The lowest BCUT2D eigenvalue weighted by Gasteiger charge is -2.38. The largest absolute Gasteiger partial charge is 0.480 e. The minimum atomic E-state index is -1.04. The van der Waals surface area contributed by atoms with Crippen molar-refractivity contribution >= 4 is 11.9 Å². The molecule has 1 aliphatic heterocycles. The van der Waals surface area contributed by atoms with Crippen molar-refractivity contribution in [1.29, 1.82) is 0 Å². The number of amides is 1. The molecule has 5 heteroatoms. The molecule has 0 aromatic heterocycles. The van der Waals surface area contributed by atoms with E-state index in [0.29, 0.717) is 13.2 Å². The van der Waals surface area contributed by atoms with Gasteiger partial charge in [0.05, 0.1) is 6.61 Å². The van der Waals surface area contributed by atoms with Gasteiger partial charge in [0, 0.05) is 13.5 Å². The first kappa shape index (κ1) is 12.6. The van der Waals surface area contributed by atoms with Crippen LogP contribution in [0.3, 0.4) is 0 Å². The lowest BCUT2D eigenvalue weighted by atomic mass is 9.99.